The molecule has 1 fully saturated rings. The Morgan fingerprint density at radius 1 is 1.09 bits per heavy atom. The van der Waals surface area contributed by atoms with E-state index in [0.717, 1.165) is 22.0 Å². The third-order valence-electron chi connectivity index (χ3n) is 3.89. The van der Waals surface area contributed by atoms with Gasteiger partial charge in [0.15, 0.2) is 5.17 Å². The van der Waals surface area contributed by atoms with Crippen LogP contribution >= 0.6 is 23.4 Å². The van der Waals surface area contributed by atoms with E-state index in [1.165, 1.54) is 11.8 Å². The fourth-order valence-electron chi connectivity index (χ4n) is 2.77. The predicted octanol–water partition coefficient (Wildman–Crippen LogP) is 4.37. The van der Waals surface area contributed by atoms with Gasteiger partial charge in [-0.3, -0.25) is 9.69 Å². The summed E-state index contributed by atoms with van der Waals surface area (Å²) in [6.45, 7) is 0. The third kappa shape index (κ3) is 2.69. The van der Waals surface area contributed by atoms with Gasteiger partial charge in [0.2, 0.25) is 5.91 Å². The molecule has 0 spiro atoms. The van der Waals surface area contributed by atoms with Crippen LogP contribution in [0.25, 0.3) is 5.70 Å². The predicted molar refractivity (Wildman–Crippen MR) is 95.4 cm³/mol. The molecule has 0 aliphatic carbocycles. The Kier molecular flexibility index (Phi) is 3.71. The average Bonchev–Trinajstić information content (AvgIpc) is 2.97. The van der Waals surface area contributed by atoms with Gasteiger partial charge in [0, 0.05) is 10.6 Å². The summed E-state index contributed by atoms with van der Waals surface area (Å²) in [6.07, 6.45) is 2.05. The van der Waals surface area contributed by atoms with Gasteiger partial charge in [-0.15, -0.1) is 0 Å². The zero-order valence-corrected chi connectivity index (χ0v) is 13.7. The monoisotopic (exact) mass is 340 g/mol. The van der Waals surface area contributed by atoms with Gasteiger partial charge in [0.05, 0.1) is 17.5 Å². The number of hydrogen-bond donors (Lipinski definition) is 0. The number of benzene rings is 2. The second-order valence-corrected chi connectivity index (χ2v) is 6.74. The van der Waals surface area contributed by atoms with Crippen LogP contribution in [0.5, 0.6) is 0 Å². The van der Waals surface area contributed by atoms with Crippen LogP contribution in [0.4, 0.5) is 0 Å². The van der Waals surface area contributed by atoms with Gasteiger partial charge in [-0.05, 0) is 23.8 Å². The Bertz CT molecular complexity index is 815. The van der Waals surface area contributed by atoms with Crippen molar-refractivity contribution >= 4 is 40.1 Å². The first-order chi connectivity index (χ1) is 11.2. The maximum atomic E-state index is 12.3. The van der Waals surface area contributed by atoms with E-state index < -0.39 is 0 Å². The molecule has 0 bridgehead atoms. The number of amides is 1. The van der Waals surface area contributed by atoms with E-state index in [1.54, 1.807) is 4.90 Å². The second-order valence-electron chi connectivity index (χ2n) is 5.36. The maximum absolute atomic E-state index is 12.3. The van der Waals surface area contributed by atoms with E-state index in [0.29, 0.717) is 10.8 Å². The van der Waals surface area contributed by atoms with E-state index in [2.05, 4.69) is 4.99 Å². The van der Waals surface area contributed by atoms with Crippen molar-refractivity contribution in [2.24, 2.45) is 4.99 Å². The van der Waals surface area contributed by atoms with Gasteiger partial charge in [-0.25, -0.2) is 4.99 Å². The van der Waals surface area contributed by atoms with Crippen molar-refractivity contribution in [2.75, 3.05) is 5.75 Å². The molecule has 1 amide bonds. The SMILES string of the molecule is O=C1CSC2=NC(c3ccc(Cl)cc3)=C[C@@H](c3ccccc3)N12. The Morgan fingerprint density at radius 2 is 1.83 bits per heavy atom. The number of hydrogen-bond acceptors (Lipinski definition) is 3. The van der Waals surface area contributed by atoms with Crippen molar-refractivity contribution in [3.05, 3.63) is 76.8 Å². The van der Waals surface area contributed by atoms with Crippen LogP contribution in [-0.2, 0) is 4.79 Å². The van der Waals surface area contributed by atoms with Crippen molar-refractivity contribution in [3.8, 4) is 0 Å². The summed E-state index contributed by atoms with van der Waals surface area (Å²) >= 11 is 7.46. The lowest BCUT2D eigenvalue weighted by Crippen LogP contribution is -2.34. The Labute approximate surface area is 143 Å². The first-order valence-electron chi connectivity index (χ1n) is 7.28. The molecular formula is C18H13ClN2OS. The Hall–Kier alpha value is -2.04. The van der Waals surface area contributed by atoms with Gasteiger partial charge >= 0.3 is 0 Å². The number of nitrogens with zero attached hydrogens (tertiary/aromatic N) is 2. The Morgan fingerprint density at radius 3 is 2.57 bits per heavy atom. The molecule has 0 radical (unpaired) electrons. The molecule has 2 aliphatic heterocycles. The lowest BCUT2D eigenvalue weighted by molar-refractivity contribution is -0.125. The number of halogens is 1. The zero-order valence-electron chi connectivity index (χ0n) is 12.1. The van der Waals surface area contributed by atoms with Crippen LogP contribution in [0.15, 0.2) is 65.7 Å². The molecule has 2 aromatic rings. The number of carbonyl (C=O) groups excluding carboxylic acids is 1. The van der Waals surface area contributed by atoms with Crippen molar-refractivity contribution < 1.29 is 4.79 Å². The van der Waals surface area contributed by atoms with Gasteiger partial charge in [-0.1, -0.05) is 65.8 Å². The number of thioether (sulfide) groups is 1. The lowest BCUT2D eigenvalue weighted by atomic mass is 10.0. The number of amidine groups is 1. The molecule has 3 nitrogen and oxygen atoms in total. The summed E-state index contributed by atoms with van der Waals surface area (Å²) in [5.41, 5.74) is 2.97. The zero-order chi connectivity index (χ0) is 15.8. The largest absolute Gasteiger partial charge is 0.279 e. The smallest absolute Gasteiger partial charge is 0.239 e. The highest BCUT2D eigenvalue weighted by Crippen LogP contribution is 2.38. The quantitative estimate of drug-likeness (QED) is 0.813. The molecule has 114 valence electrons. The van der Waals surface area contributed by atoms with Gasteiger partial charge in [0.1, 0.15) is 0 Å². The summed E-state index contributed by atoms with van der Waals surface area (Å²) in [6, 6.07) is 17.6. The molecule has 2 heterocycles. The maximum Gasteiger partial charge on any atom is 0.239 e. The molecule has 0 N–H and O–H groups in total. The van der Waals surface area contributed by atoms with E-state index in [-0.39, 0.29) is 11.9 Å². The van der Waals surface area contributed by atoms with Crippen LogP contribution in [0.1, 0.15) is 17.2 Å². The molecule has 1 atom stereocenters. The van der Waals surface area contributed by atoms with Crippen molar-refractivity contribution in [2.45, 2.75) is 6.04 Å². The van der Waals surface area contributed by atoms with Gasteiger partial charge < -0.3 is 0 Å². The lowest BCUT2D eigenvalue weighted by Gasteiger charge is -2.29. The van der Waals surface area contributed by atoms with E-state index in [1.807, 2.05) is 60.7 Å². The second kappa shape index (κ2) is 5.87. The van der Waals surface area contributed by atoms with Crippen LogP contribution < -0.4 is 0 Å². The molecule has 0 unspecified atom stereocenters. The first-order valence-corrected chi connectivity index (χ1v) is 8.65. The molecule has 5 heteroatoms. The minimum Gasteiger partial charge on any atom is -0.279 e. The van der Waals surface area contributed by atoms with Crippen molar-refractivity contribution in [1.82, 2.24) is 4.90 Å². The van der Waals surface area contributed by atoms with E-state index in [9.17, 15) is 4.79 Å². The molecule has 4 rings (SSSR count). The average molecular weight is 341 g/mol. The van der Waals surface area contributed by atoms with Gasteiger partial charge in [0.25, 0.3) is 0 Å². The van der Waals surface area contributed by atoms with Crippen LogP contribution in [0.2, 0.25) is 5.02 Å². The van der Waals surface area contributed by atoms with Crippen molar-refractivity contribution in [3.63, 3.8) is 0 Å². The highest BCUT2D eigenvalue weighted by atomic mass is 35.5. The van der Waals surface area contributed by atoms with Crippen LogP contribution in [0.3, 0.4) is 0 Å². The minimum absolute atomic E-state index is 0.106. The normalized spacial score (nSPS) is 20.1. The van der Waals surface area contributed by atoms with E-state index in [4.69, 9.17) is 11.6 Å². The van der Waals surface area contributed by atoms with Crippen molar-refractivity contribution in [1.29, 1.82) is 0 Å². The van der Waals surface area contributed by atoms with Crippen LogP contribution in [0, 0.1) is 0 Å². The standard InChI is InChI=1S/C18H13ClN2OS/c19-14-8-6-12(7-9-14)15-10-16(13-4-2-1-3-5-13)21-17(22)11-23-18(21)20-15/h1-10,16H,11H2/t16-/m0/s1. The molecule has 2 aromatic carbocycles. The highest BCUT2D eigenvalue weighted by molar-refractivity contribution is 8.15. The number of aliphatic imine (C=N–C) groups is 1. The summed E-state index contributed by atoms with van der Waals surface area (Å²) in [5, 5.41) is 1.47. The molecule has 0 aromatic heterocycles. The molecule has 0 saturated carbocycles. The fourth-order valence-corrected chi connectivity index (χ4v) is 3.81. The molecule has 1 saturated heterocycles. The first kappa shape index (κ1) is 14.5. The summed E-state index contributed by atoms with van der Waals surface area (Å²) in [4.78, 5) is 18.7. The molecule has 2 aliphatic rings. The summed E-state index contributed by atoms with van der Waals surface area (Å²) < 4.78 is 0. The number of carbonyl (C=O) groups is 1. The van der Waals surface area contributed by atoms with E-state index >= 15 is 0 Å². The summed E-state index contributed by atoms with van der Waals surface area (Å²) in [5.74, 6) is 0.554. The molecular weight excluding hydrogens is 328 g/mol. The highest BCUT2D eigenvalue weighted by Gasteiger charge is 2.37. The third-order valence-corrected chi connectivity index (χ3v) is 5.08. The fraction of sp³-hybridized carbons (Fsp3) is 0.111. The number of fused-ring (bicyclic) bond motifs is 1. The minimum atomic E-state index is -0.114. The number of rotatable bonds is 2. The Balaban J connectivity index is 1.81. The molecule has 23 heavy (non-hydrogen) atoms. The summed E-state index contributed by atoms with van der Waals surface area (Å²) in [7, 11) is 0. The van der Waals surface area contributed by atoms with Crippen LogP contribution in [-0.4, -0.2) is 21.7 Å². The van der Waals surface area contributed by atoms with Gasteiger partial charge in [-0.2, -0.15) is 0 Å². The topological polar surface area (TPSA) is 32.7 Å².